The first-order chi connectivity index (χ1) is 16.2. The lowest BCUT2D eigenvalue weighted by Gasteiger charge is -2.31. The smallest absolute Gasteiger partial charge is 0.351 e. The zero-order valence-corrected chi connectivity index (χ0v) is 19.6. The molecular formula is C24H24F2N6O2. The molecule has 0 saturated heterocycles. The van der Waals surface area contributed by atoms with Crippen molar-refractivity contribution in [3.05, 3.63) is 68.5 Å². The van der Waals surface area contributed by atoms with E-state index in [0.717, 1.165) is 28.3 Å². The lowest BCUT2D eigenvalue weighted by atomic mass is 9.96. The van der Waals surface area contributed by atoms with Crippen molar-refractivity contribution in [2.75, 3.05) is 18.6 Å². The van der Waals surface area contributed by atoms with Gasteiger partial charge in [0.2, 0.25) is 0 Å². The molecule has 1 aliphatic rings. The number of halogens is 2. The Hall–Kier alpha value is -3.82. The highest BCUT2D eigenvalue weighted by Gasteiger charge is 2.24. The Balaban J connectivity index is 1.55. The molecule has 0 radical (unpaired) electrons. The van der Waals surface area contributed by atoms with Crippen LogP contribution in [0.1, 0.15) is 28.1 Å². The summed E-state index contributed by atoms with van der Waals surface area (Å²) in [6, 6.07) is 3.21. The van der Waals surface area contributed by atoms with Crippen LogP contribution in [-0.2, 0) is 20.0 Å². The summed E-state index contributed by atoms with van der Waals surface area (Å²) in [6.07, 6.45) is 2.35. The first-order valence-corrected chi connectivity index (χ1v) is 10.9. The van der Waals surface area contributed by atoms with Crippen molar-refractivity contribution in [1.82, 2.24) is 24.1 Å². The van der Waals surface area contributed by atoms with E-state index in [1.165, 1.54) is 22.3 Å². The standard InChI is InChI=1S/C24H24F2N6O2/c1-12-14(3)32-23(29-30(4)24(32)33)28-22(12)31-7-6-19-16(11-31)8-15(10-27-19)17-9-18(25)21(34-5)20(26)13(17)2/h8-10H,6-7,11H2,1-5H3. The molecular weight excluding hydrogens is 442 g/mol. The number of benzene rings is 1. The van der Waals surface area contributed by atoms with Crippen LogP contribution in [0.3, 0.4) is 0 Å². The van der Waals surface area contributed by atoms with E-state index in [1.807, 2.05) is 19.9 Å². The predicted molar refractivity (Wildman–Crippen MR) is 123 cm³/mol. The highest BCUT2D eigenvalue weighted by atomic mass is 19.1. The third-order valence-corrected chi connectivity index (χ3v) is 6.60. The number of methoxy groups -OCH3 is 1. The second-order valence-electron chi connectivity index (χ2n) is 8.57. The van der Waals surface area contributed by atoms with Crippen LogP contribution >= 0.6 is 0 Å². The quantitative estimate of drug-likeness (QED) is 0.461. The van der Waals surface area contributed by atoms with Gasteiger partial charge in [-0.1, -0.05) is 0 Å². The highest BCUT2D eigenvalue weighted by molar-refractivity contribution is 5.69. The van der Waals surface area contributed by atoms with Gasteiger partial charge in [0.25, 0.3) is 5.78 Å². The molecule has 0 aliphatic carbocycles. The molecule has 34 heavy (non-hydrogen) atoms. The molecule has 0 N–H and O–H groups in total. The van der Waals surface area contributed by atoms with Gasteiger partial charge in [0.1, 0.15) is 5.82 Å². The molecule has 4 aromatic rings. The Morgan fingerprint density at radius 2 is 1.88 bits per heavy atom. The van der Waals surface area contributed by atoms with Crippen LogP contribution in [-0.4, -0.2) is 37.8 Å². The summed E-state index contributed by atoms with van der Waals surface area (Å²) in [4.78, 5) is 23.8. The monoisotopic (exact) mass is 466 g/mol. The molecule has 0 spiro atoms. The van der Waals surface area contributed by atoms with Gasteiger partial charge in [-0.15, -0.1) is 5.10 Å². The first-order valence-electron chi connectivity index (χ1n) is 10.9. The van der Waals surface area contributed by atoms with E-state index >= 15 is 0 Å². The zero-order chi connectivity index (χ0) is 24.3. The summed E-state index contributed by atoms with van der Waals surface area (Å²) in [6.45, 7) is 6.64. The van der Waals surface area contributed by atoms with E-state index < -0.39 is 11.6 Å². The third-order valence-electron chi connectivity index (χ3n) is 6.60. The summed E-state index contributed by atoms with van der Waals surface area (Å²) < 4.78 is 36.7. The average molecular weight is 466 g/mol. The fourth-order valence-electron chi connectivity index (χ4n) is 4.57. The number of pyridine rings is 1. The van der Waals surface area contributed by atoms with Crippen LogP contribution in [0.2, 0.25) is 0 Å². The second-order valence-corrected chi connectivity index (χ2v) is 8.57. The maximum Gasteiger partial charge on any atom is 0.351 e. The Bertz CT molecular complexity index is 1520. The van der Waals surface area contributed by atoms with Crippen LogP contribution in [0, 0.1) is 32.4 Å². The fraction of sp³-hybridized carbons (Fsp3) is 0.333. The summed E-state index contributed by atoms with van der Waals surface area (Å²) in [5, 5.41) is 4.24. The van der Waals surface area contributed by atoms with Crippen molar-refractivity contribution in [3.63, 3.8) is 0 Å². The van der Waals surface area contributed by atoms with E-state index in [9.17, 15) is 13.6 Å². The summed E-state index contributed by atoms with van der Waals surface area (Å²) in [5.74, 6) is -0.757. The number of rotatable bonds is 3. The molecule has 0 atom stereocenters. The van der Waals surface area contributed by atoms with Crippen LogP contribution in [0.25, 0.3) is 16.9 Å². The molecule has 1 aromatic carbocycles. The topological polar surface area (TPSA) is 77.5 Å². The van der Waals surface area contributed by atoms with Gasteiger partial charge in [-0.2, -0.15) is 4.98 Å². The zero-order valence-electron chi connectivity index (χ0n) is 19.6. The Kier molecular flexibility index (Phi) is 5.11. The SMILES string of the molecule is COc1c(F)cc(-c2cnc3c(c2)CN(c2nc4nn(C)c(=O)n4c(C)c2C)CC3)c(C)c1F. The van der Waals surface area contributed by atoms with E-state index in [-0.39, 0.29) is 11.4 Å². The molecule has 3 aromatic heterocycles. The van der Waals surface area contributed by atoms with Gasteiger partial charge in [0.05, 0.1) is 7.11 Å². The molecule has 0 fully saturated rings. The van der Waals surface area contributed by atoms with Gasteiger partial charge in [0.15, 0.2) is 17.4 Å². The number of aromatic nitrogens is 5. The number of aryl methyl sites for hydroxylation is 2. The van der Waals surface area contributed by atoms with Crippen LogP contribution in [0.5, 0.6) is 5.75 Å². The predicted octanol–water partition coefficient (Wildman–Crippen LogP) is 3.26. The summed E-state index contributed by atoms with van der Waals surface area (Å²) in [7, 11) is 2.84. The van der Waals surface area contributed by atoms with Crippen LogP contribution in [0.4, 0.5) is 14.6 Å². The molecule has 176 valence electrons. The molecule has 0 amide bonds. The summed E-state index contributed by atoms with van der Waals surface area (Å²) >= 11 is 0. The largest absolute Gasteiger partial charge is 0.491 e. The molecule has 1 aliphatic heterocycles. The van der Waals surface area contributed by atoms with Crippen LogP contribution in [0.15, 0.2) is 23.1 Å². The second kappa shape index (κ2) is 7.89. The van der Waals surface area contributed by atoms with Crippen molar-refractivity contribution < 1.29 is 13.5 Å². The maximum atomic E-state index is 14.6. The van der Waals surface area contributed by atoms with Crippen molar-refractivity contribution in [2.24, 2.45) is 7.05 Å². The van der Waals surface area contributed by atoms with Crippen LogP contribution < -0.4 is 15.3 Å². The lowest BCUT2D eigenvalue weighted by Crippen LogP contribution is -2.33. The van der Waals surface area contributed by atoms with Crippen molar-refractivity contribution in [3.8, 4) is 16.9 Å². The molecule has 5 rings (SSSR count). The Labute approximate surface area is 194 Å². The van der Waals surface area contributed by atoms with Gasteiger partial charge in [-0.3, -0.25) is 4.98 Å². The molecule has 10 heteroatoms. The number of hydrogen-bond acceptors (Lipinski definition) is 6. The third kappa shape index (κ3) is 3.24. The number of nitrogens with zero attached hydrogens (tertiary/aromatic N) is 6. The van der Waals surface area contributed by atoms with E-state index in [2.05, 4.69) is 20.0 Å². The molecule has 8 nitrogen and oxygen atoms in total. The number of hydrogen-bond donors (Lipinski definition) is 0. The first kappa shape index (κ1) is 22.0. The van der Waals surface area contributed by atoms with Crippen molar-refractivity contribution in [1.29, 1.82) is 0 Å². The summed E-state index contributed by atoms with van der Waals surface area (Å²) in [5.41, 5.74) is 4.71. The normalized spacial score (nSPS) is 13.4. The van der Waals surface area contributed by atoms with Gasteiger partial charge in [0, 0.05) is 55.3 Å². The van der Waals surface area contributed by atoms with Crippen molar-refractivity contribution in [2.45, 2.75) is 33.7 Å². The van der Waals surface area contributed by atoms with Gasteiger partial charge in [-0.05, 0) is 49.6 Å². The Morgan fingerprint density at radius 1 is 1.12 bits per heavy atom. The van der Waals surface area contributed by atoms with E-state index in [1.54, 1.807) is 20.2 Å². The lowest BCUT2D eigenvalue weighted by molar-refractivity contribution is 0.359. The molecule has 0 saturated carbocycles. The molecule has 0 bridgehead atoms. The van der Waals surface area contributed by atoms with Crippen molar-refractivity contribution >= 4 is 11.6 Å². The van der Waals surface area contributed by atoms with E-state index in [0.29, 0.717) is 42.0 Å². The minimum Gasteiger partial charge on any atom is -0.491 e. The number of ether oxygens (including phenoxy) is 1. The van der Waals surface area contributed by atoms with Gasteiger partial charge >= 0.3 is 5.69 Å². The maximum absolute atomic E-state index is 14.6. The highest BCUT2D eigenvalue weighted by Crippen LogP contribution is 2.35. The fourth-order valence-corrected chi connectivity index (χ4v) is 4.57. The minimum atomic E-state index is -0.755. The minimum absolute atomic E-state index is 0.234. The van der Waals surface area contributed by atoms with Gasteiger partial charge in [-0.25, -0.2) is 22.7 Å². The van der Waals surface area contributed by atoms with E-state index in [4.69, 9.17) is 4.74 Å². The average Bonchev–Trinajstić information content (AvgIpc) is 3.11. The van der Waals surface area contributed by atoms with Gasteiger partial charge < -0.3 is 9.64 Å². The Morgan fingerprint density at radius 3 is 2.62 bits per heavy atom. The number of fused-ring (bicyclic) bond motifs is 2. The molecule has 0 unspecified atom stereocenters. The molecule has 4 heterocycles. The number of anilines is 1.